The van der Waals surface area contributed by atoms with Gasteiger partial charge in [-0.25, -0.2) is 8.42 Å². The van der Waals surface area contributed by atoms with Crippen LogP contribution in [-0.4, -0.2) is 8.42 Å². The number of hydrogen-bond acceptors (Lipinski definition) is 2. The highest BCUT2D eigenvalue weighted by Gasteiger charge is 2.28. The summed E-state index contributed by atoms with van der Waals surface area (Å²) in [4.78, 5) is 0.298. The molecule has 3 nitrogen and oxygen atoms in total. The van der Waals surface area contributed by atoms with Gasteiger partial charge in [0.25, 0.3) is 0 Å². The van der Waals surface area contributed by atoms with E-state index in [2.05, 4.69) is 10.8 Å². The fourth-order valence-electron chi connectivity index (χ4n) is 2.81. The lowest BCUT2D eigenvalue weighted by Gasteiger charge is -2.17. The normalized spacial score (nSPS) is 17.2. The van der Waals surface area contributed by atoms with Gasteiger partial charge in [-0.05, 0) is 49.6 Å². The maximum Gasteiger partial charge on any atom is 0.241 e. The van der Waals surface area contributed by atoms with Gasteiger partial charge in [0.05, 0.1) is 10.9 Å². The summed E-state index contributed by atoms with van der Waals surface area (Å²) in [7, 11) is -3.54. The maximum absolute atomic E-state index is 12.6. The van der Waals surface area contributed by atoms with E-state index in [1.807, 2.05) is 51.1 Å². The highest BCUT2D eigenvalue weighted by molar-refractivity contribution is 7.89. The summed E-state index contributed by atoms with van der Waals surface area (Å²) >= 11 is 0. The van der Waals surface area contributed by atoms with Crippen LogP contribution in [0.2, 0.25) is 0 Å². The predicted molar refractivity (Wildman–Crippen MR) is 89.1 cm³/mol. The molecular weight excluding hydrogens is 294 g/mol. The highest BCUT2D eigenvalue weighted by Crippen LogP contribution is 2.36. The van der Waals surface area contributed by atoms with Crippen molar-refractivity contribution in [3.05, 3.63) is 70.3 Å². The molecule has 114 valence electrons. The first kappa shape index (κ1) is 15.0. The third kappa shape index (κ3) is 2.60. The van der Waals surface area contributed by atoms with Gasteiger partial charge in [0, 0.05) is 0 Å². The zero-order valence-corrected chi connectivity index (χ0v) is 13.7. The highest BCUT2D eigenvalue weighted by atomic mass is 32.2. The van der Waals surface area contributed by atoms with E-state index in [1.54, 1.807) is 12.1 Å². The Kier molecular flexibility index (Phi) is 3.67. The van der Waals surface area contributed by atoms with Gasteiger partial charge in [-0.3, -0.25) is 0 Å². The quantitative estimate of drug-likeness (QED) is 0.938. The summed E-state index contributed by atoms with van der Waals surface area (Å²) in [6, 6.07) is 12.6. The van der Waals surface area contributed by atoms with Crippen LogP contribution in [0.1, 0.15) is 35.2 Å². The van der Waals surface area contributed by atoms with E-state index in [9.17, 15) is 8.42 Å². The molecule has 0 heterocycles. The molecular formula is C18H19NO2S. The molecule has 0 aromatic heterocycles. The molecule has 1 aliphatic rings. The Labute approximate surface area is 131 Å². The van der Waals surface area contributed by atoms with Crippen LogP contribution in [0.25, 0.3) is 6.08 Å². The summed E-state index contributed by atoms with van der Waals surface area (Å²) in [6.07, 6.45) is 2.06. The summed E-state index contributed by atoms with van der Waals surface area (Å²) in [5.41, 5.74) is 5.36. The molecule has 3 rings (SSSR count). The number of hydrogen-bond donors (Lipinski definition) is 1. The molecule has 1 aliphatic carbocycles. The fraction of sp³-hybridized carbons (Fsp3) is 0.222. The van der Waals surface area contributed by atoms with E-state index < -0.39 is 10.0 Å². The summed E-state index contributed by atoms with van der Waals surface area (Å²) in [5, 5.41) is 0. The van der Waals surface area contributed by atoms with Crippen LogP contribution < -0.4 is 4.72 Å². The molecule has 4 heteroatoms. The van der Waals surface area contributed by atoms with Gasteiger partial charge < -0.3 is 0 Å². The minimum Gasteiger partial charge on any atom is -0.207 e. The number of rotatable bonds is 3. The van der Waals surface area contributed by atoms with Crippen molar-refractivity contribution in [1.82, 2.24) is 4.72 Å². The lowest BCUT2D eigenvalue weighted by atomic mass is 10.0. The van der Waals surface area contributed by atoms with E-state index in [1.165, 1.54) is 0 Å². The van der Waals surface area contributed by atoms with Gasteiger partial charge in [-0.1, -0.05) is 47.5 Å². The minimum atomic E-state index is -3.54. The topological polar surface area (TPSA) is 46.2 Å². The second-order valence-electron chi connectivity index (χ2n) is 5.83. The zero-order valence-electron chi connectivity index (χ0n) is 12.9. The monoisotopic (exact) mass is 313 g/mol. The van der Waals surface area contributed by atoms with Gasteiger partial charge in [-0.2, -0.15) is 4.72 Å². The zero-order chi connectivity index (χ0) is 15.9. The van der Waals surface area contributed by atoms with Crippen LogP contribution in [0, 0.1) is 13.8 Å². The van der Waals surface area contributed by atoms with Crippen LogP contribution in [0.3, 0.4) is 0 Å². The molecule has 2 aromatic rings. The third-order valence-corrected chi connectivity index (χ3v) is 5.54. The number of benzene rings is 2. The molecule has 2 aromatic carbocycles. The minimum absolute atomic E-state index is 0.291. The molecule has 0 radical (unpaired) electrons. The van der Waals surface area contributed by atoms with Crippen molar-refractivity contribution in [1.29, 1.82) is 0 Å². The van der Waals surface area contributed by atoms with E-state index >= 15 is 0 Å². The average molecular weight is 313 g/mol. The van der Waals surface area contributed by atoms with Crippen molar-refractivity contribution in [2.75, 3.05) is 0 Å². The summed E-state index contributed by atoms with van der Waals surface area (Å²) in [6.45, 7) is 5.94. The van der Waals surface area contributed by atoms with Crippen LogP contribution >= 0.6 is 0 Å². The summed E-state index contributed by atoms with van der Waals surface area (Å²) in [5.74, 6) is 0. The van der Waals surface area contributed by atoms with Crippen LogP contribution in [0.15, 0.2) is 52.9 Å². The Balaban J connectivity index is 1.96. The van der Waals surface area contributed by atoms with E-state index in [0.29, 0.717) is 4.90 Å². The molecule has 1 atom stereocenters. The number of nitrogens with one attached hydrogen (secondary N) is 1. The lowest BCUT2D eigenvalue weighted by molar-refractivity contribution is 0.572. The van der Waals surface area contributed by atoms with E-state index in [4.69, 9.17) is 0 Å². The first-order valence-corrected chi connectivity index (χ1v) is 8.73. The van der Waals surface area contributed by atoms with Gasteiger partial charge in [0.2, 0.25) is 10.0 Å². The maximum atomic E-state index is 12.6. The Morgan fingerprint density at radius 1 is 0.955 bits per heavy atom. The van der Waals surface area contributed by atoms with Crippen molar-refractivity contribution in [2.24, 2.45) is 0 Å². The van der Waals surface area contributed by atoms with Crippen molar-refractivity contribution >= 4 is 16.1 Å². The molecule has 0 saturated heterocycles. The Hall–Kier alpha value is -1.91. The second-order valence-corrected chi connectivity index (χ2v) is 7.55. The molecule has 1 N–H and O–H groups in total. The molecule has 0 saturated carbocycles. The van der Waals surface area contributed by atoms with Crippen molar-refractivity contribution in [2.45, 2.75) is 31.7 Å². The number of sulfonamides is 1. The van der Waals surface area contributed by atoms with Crippen molar-refractivity contribution in [3.63, 3.8) is 0 Å². The number of fused-ring (bicyclic) bond motifs is 1. The third-order valence-electron chi connectivity index (χ3n) is 4.10. The van der Waals surface area contributed by atoms with E-state index in [-0.39, 0.29) is 6.04 Å². The van der Waals surface area contributed by atoms with Crippen molar-refractivity contribution in [3.8, 4) is 0 Å². The largest absolute Gasteiger partial charge is 0.241 e. The molecule has 22 heavy (non-hydrogen) atoms. The standard InChI is InChI=1S/C18H19NO2S/c1-12-7-9-15(10-8-12)22(20,21)19-18-14(3)11-17-13(2)5-4-6-16(17)18/h4-11,18-19H,1-3H3/t18-/m0/s1. The first-order chi connectivity index (χ1) is 10.4. The van der Waals surface area contributed by atoms with Crippen LogP contribution in [-0.2, 0) is 10.0 Å². The fourth-order valence-corrected chi connectivity index (χ4v) is 4.06. The predicted octanol–water partition coefficient (Wildman–Crippen LogP) is 3.74. The second kappa shape index (κ2) is 5.38. The Morgan fingerprint density at radius 2 is 1.64 bits per heavy atom. The summed E-state index contributed by atoms with van der Waals surface area (Å²) < 4.78 is 28.0. The molecule has 0 unspecified atom stereocenters. The van der Waals surface area contributed by atoms with Crippen LogP contribution in [0.5, 0.6) is 0 Å². The Morgan fingerprint density at radius 3 is 2.32 bits per heavy atom. The molecule has 0 fully saturated rings. The molecule has 0 spiro atoms. The van der Waals surface area contributed by atoms with Crippen LogP contribution in [0.4, 0.5) is 0 Å². The van der Waals surface area contributed by atoms with Gasteiger partial charge in [-0.15, -0.1) is 0 Å². The van der Waals surface area contributed by atoms with Gasteiger partial charge in [0.15, 0.2) is 0 Å². The molecule has 0 aliphatic heterocycles. The van der Waals surface area contributed by atoms with Gasteiger partial charge >= 0.3 is 0 Å². The lowest BCUT2D eigenvalue weighted by Crippen LogP contribution is -2.28. The molecule has 0 amide bonds. The first-order valence-electron chi connectivity index (χ1n) is 7.25. The van der Waals surface area contributed by atoms with E-state index in [0.717, 1.165) is 27.8 Å². The van der Waals surface area contributed by atoms with Crippen molar-refractivity contribution < 1.29 is 8.42 Å². The Bertz CT molecular complexity index is 849. The average Bonchev–Trinajstić information content (AvgIpc) is 2.77. The van der Waals surface area contributed by atoms with Gasteiger partial charge in [0.1, 0.15) is 0 Å². The molecule has 0 bridgehead atoms. The SMILES string of the molecule is CC1=Cc2c(C)cccc2[C@H]1NS(=O)(=O)c1ccc(C)cc1. The smallest absolute Gasteiger partial charge is 0.207 e. The number of aryl methyl sites for hydroxylation is 2.